The molecular weight excluding hydrogens is 705 g/mol. The molecule has 0 radical (unpaired) electrons. The Hall–Kier alpha value is -3.77. The Morgan fingerprint density at radius 3 is 2.21 bits per heavy atom. The minimum Gasteiger partial charge on any atom is -0.351 e. The average molecular weight is 730 g/mol. The highest BCUT2D eigenvalue weighted by molar-refractivity contribution is 7.92. The molecule has 0 atom stereocenters. The molecule has 2 aromatic carbocycles. The van der Waals surface area contributed by atoms with Gasteiger partial charge in [0.15, 0.2) is 10.7 Å². The molecule has 1 saturated heterocycles. The van der Waals surface area contributed by atoms with E-state index < -0.39 is 64.9 Å². The smallest absolute Gasteiger partial charge is 0.351 e. The number of sulfonamides is 1. The van der Waals surface area contributed by atoms with Crippen LogP contribution in [0.25, 0.3) is 21.8 Å². The van der Waals surface area contributed by atoms with Gasteiger partial charge in [-0.25, -0.2) is 45.0 Å². The largest absolute Gasteiger partial charge is 0.394 e. The number of thiazole rings is 1. The number of sulfone groups is 1. The summed E-state index contributed by atoms with van der Waals surface area (Å²) in [5, 5.41) is 3.44. The minimum absolute atomic E-state index is 0.00284. The molecule has 4 aliphatic rings. The van der Waals surface area contributed by atoms with Crippen LogP contribution in [0.15, 0.2) is 53.6 Å². The number of nitrogens with one attached hydrogen (secondary N) is 2. The molecule has 3 heterocycles. The van der Waals surface area contributed by atoms with Crippen molar-refractivity contribution >= 4 is 42.8 Å². The zero-order valence-corrected chi connectivity index (χ0v) is 27.1. The van der Waals surface area contributed by atoms with Crippen LogP contribution >= 0.6 is 11.3 Å². The first-order valence-electron chi connectivity index (χ1n) is 14.7. The highest BCUT2D eigenvalue weighted by Crippen LogP contribution is 2.79. The van der Waals surface area contributed by atoms with Gasteiger partial charge in [0, 0.05) is 23.2 Å². The first-order chi connectivity index (χ1) is 22.5. The van der Waals surface area contributed by atoms with Gasteiger partial charge in [0.1, 0.15) is 26.5 Å². The Labute approximate surface area is 274 Å². The molecule has 8 rings (SSSR count). The summed E-state index contributed by atoms with van der Waals surface area (Å²) in [5.74, 6) is -3.77. The molecule has 254 valence electrons. The fourth-order valence-corrected chi connectivity index (χ4v) is 10.6. The lowest BCUT2D eigenvalue weighted by Crippen LogP contribution is -2.70. The van der Waals surface area contributed by atoms with Gasteiger partial charge in [-0.3, -0.25) is 4.72 Å². The molecular formula is C30H25F6N5O4S3. The number of hydrogen-bond acceptors (Lipinski definition) is 9. The lowest BCUT2D eigenvalue weighted by Gasteiger charge is -2.69. The first-order valence-corrected chi connectivity index (χ1v) is 18.8. The third-order valence-corrected chi connectivity index (χ3v) is 13.6. The van der Waals surface area contributed by atoms with Crippen LogP contribution in [0.1, 0.15) is 37.1 Å². The van der Waals surface area contributed by atoms with E-state index in [9.17, 15) is 38.8 Å². The zero-order valence-electron chi connectivity index (χ0n) is 24.6. The number of nitrogens with zero attached hydrogens (tertiary/aromatic N) is 3. The molecule has 0 amide bonds. The van der Waals surface area contributed by atoms with Crippen molar-refractivity contribution in [3.63, 3.8) is 0 Å². The van der Waals surface area contributed by atoms with E-state index in [1.54, 1.807) is 0 Å². The minimum atomic E-state index is -4.94. The van der Waals surface area contributed by atoms with E-state index in [0.717, 1.165) is 35.6 Å². The molecule has 0 spiro atoms. The van der Waals surface area contributed by atoms with Crippen LogP contribution in [0, 0.1) is 22.9 Å². The number of halogens is 6. The monoisotopic (exact) mass is 729 g/mol. The normalized spacial score (nSPS) is 23.6. The maximum atomic E-state index is 16.2. The van der Waals surface area contributed by atoms with Gasteiger partial charge < -0.3 is 5.32 Å². The van der Waals surface area contributed by atoms with E-state index >= 15 is 4.39 Å². The standard InChI is InChI=1S/C30H25F6N5O4S3/c31-18-4-2-5-19(32)25(18)48(44,45)41-20-6-1-3-17(22(20)33)23-24(46-26(40-23)28-13-29(14-28,15-28)30(34,35)36)21-7-10-37-27(39-21)38-16-8-11-47(42,43)12-9-16/h1-7,10,16,41H,8-9,11-15H2,(H,37,38,39). The maximum absolute atomic E-state index is 16.2. The van der Waals surface area contributed by atoms with Gasteiger partial charge in [-0.15, -0.1) is 11.3 Å². The van der Waals surface area contributed by atoms with Gasteiger partial charge in [0.05, 0.1) is 38.9 Å². The Balaban J connectivity index is 1.27. The lowest BCUT2D eigenvalue weighted by molar-refractivity contribution is -0.337. The SMILES string of the molecule is O=S1(=O)CCC(Nc2nccc(-c3sc(C45CC(C(F)(F)F)(C4)C5)nc3-c3cccc(NS(=O)(=O)c4c(F)cccc4F)c3F)n2)CC1. The van der Waals surface area contributed by atoms with E-state index in [-0.39, 0.29) is 64.6 Å². The van der Waals surface area contributed by atoms with Crippen LogP contribution in [0.3, 0.4) is 0 Å². The average Bonchev–Trinajstić information content (AvgIpc) is 3.38. The molecule has 4 aromatic rings. The van der Waals surface area contributed by atoms with Crippen molar-refractivity contribution in [3.8, 4) is 21.8 Å². The number of aromatic nitrogens is 3. The van der Waals surface area contributed by atoms with Crippen molar-refractivity contribution < 1.29 is 43.2 Å². The number of alkyl halides is 3. The van der Waals surface area contributed by atoms with Gasteiger partial charge in [-0.2, -0.15) is 13.2 Å². The van der Waals surface area contributed by atoms with Crippen LogP contribution in [-0.4, -0.2) is 55.5 Å². The van der Waals surface area contributed by atoms with E-state index in [0.29, 0.717) is 17.8 Å². The van der Waals surface area contributed by atoms with E-state index in [2.05, 4.69) is 20.3 Å². The predicted molar refractivity (Wildman–Crippen MR) is 165 cm³/mol. The predicted octanol–water partition coefficient (Wildman–Crippen LogP) is 6.46. The summed E-state index contributed by atoms with van der Waals surface area (Å²) < 4.78 is 137. The van der Waals surface area contributed by atoms with Crippen molar-refractivity contribution in [2.75, 3.05) is 21.5 Å². The van der Waals surface area contributed by atoms with Crippen molar-refractivity contribution in [2.24, 2.45) is 5.41 Å². The van der Waals surface area contributed by atoms with E-state index in [4.69, 9.17) is 0 Å². The summed E-state index contributed by atoms with van der Waals surface area (Å²) in [6.07, 6.45) is -2.82. The van der Waals surface area contributed by atoms with Crippen LogP contribution in [-0.2, 0) is 25.3 Å². The number of benzene rings is 2. The second-order valence-corrected chi connectivity index (χ2v) is 17.4. The van der Waals surface area contributed by atoms with E-state index in [1.165, 1.54) is 24.4 Å². The molecule has 18 heteroatoms. The summed E-state index contributed by atoms with van der Waals surface area (Å²) >= 11 is 1.04. The molecule has 2 aromatic heterocycles. The van der Waals surface area contributed by atoms with E-state index in [1.807, 2.05) is 4.72 Å². The summed E-state index contributed by atoms with van der Waals surface area (Å²) in [4.78, 5) is 12.3. The molecule has 48 heavy (non-hydrogen) atoms. The summed E-state index contributed by atoms with van der Waals surface area (Å²) in [6, 6.07) is 7.35. The molecule has 1 aliphatic heterocycles. The van der Waals surface area contributed by atoms with Crippen molar-refractivity contribution in [2.45, 2.75) is 54.6 Å². The van der Waals surface area contributed by atoms with Gasteiger partial charge in [-0.1, -0.05) is 12.1 Å². The van der Waals surface area contributed by atoms with Crippen molar-refractivity contribution in [1.29, 1.82) is 0 Å². The summed E-state index contributed by atoms with van der Waals surface area (Å²) in [7, 11) is -8.07. The third-order valence-electron chi connectivity index (χ3n) is 9.17. The van der Waals surface area contributed by atoms with Gasteiger partial charge in [0.25, 0.3) is 10.0 Å². The second-order valence-electron chi connectivity index (χ2n) is 12.4. The number of hydrogen-bond donors (Lipinski definition) is 2. The number of rotatable bonds is 8. The quantitative estimate of drug-likeness (QED) is 0.198. The van der Waals surface area contributed by atoms with Gasteiger partial charge in [0.2, 0.25) is 5.95 Å². The van der Waals surface area contributed by atoms with Crippen LogP contribution in [0.4, 0.5) is 38.0 Å². The first kappa shape index (κ1) is 32.8. The fraction of sp³-hybridized carbons (Fsp3) is 0.367. The third kappa shape index (κ3) is 5.50. The van der Waals surface area contributed by atoms with Crippen molar-refractivity contribution in [3.05, 3.63) is 71.1 Å². The highest BCUT2D eigenvalue weighted by Gasteiger charge is 2.79. The molecule has 0 unspecified atom stereocenters. The Kier molecular flexibility index (Phi) is 7.60. The molecule has 3 aliphatic carbocycles. The van der Waals surface area contributed by atoms with Gasteiger partial charge >= 0.3 is 6.18 Å². The molecule has 4 fully saturated rings. The molecule has 9 nitrogen and oxygen atoms in total. The highest BCUT2D eigenvalue weighted by atomic mass is 32.2. The summed E-state index contributed by atoms with van der Waals surface area (Å²) in [6.45, 7) is 0. The Bertz CT molecular complexity index is 2120. The van der Waals surface area contributed by atoms with Gasteiger partial charge in [-0.05, 0) is 62.4 Å². The number of anilines is 2. The van der Waals surface area contributed by atoms with Crippen LogP contribution < -0.4 is 10.0 Å². The molecule has 2 bridgehead atoms. The fourth-order valence-electron chi connectivity index (χ4n) is 6.72. The van der Waals surface area contributed by atoms with Crippen LogP contribution in [0.2, 0.25) is 0 Å². The maximum Gasteiger partial charge on any atom is 0.394 e. The molecule has 2 N–H and O–H groups in total. The topological polar surface area (TPSA) is 131 Å². The lowest BCUT2D eigenvalue weighted by atomic mass is 9.35. The molecule has 3 saturated carbocycles. The zero-order chi connectivity index (χ0) is 34.3. The Morgan fingerprint density at radius 2 is 1.56 bits per heavy atom. The van der Waals surface area contributed by atoms with Crippen LogP contribution in [0.5, 0.6) is 0 Å². The second kappa shape index (κ2) is 11.1. The Morgan fingerprint density at radius 1 is 0.917 bits per heavy atom. The van der Waals surface area contributed by atoms with Crippen molar-refractivity contribution in [1.82, 2.24) is 15.0 Å². The summed E-state index contributed by atoms with van der Waals surface area (Å²) in [5.41, 5.74) is -3.31.